The topological polar surface area (TPSA) is 69.3 Å². The van der Waals surface area contributed by atoms with Crippen LogP contribution in [0.25, 0.3) is 10.9 Å². The van der Waals surface area contributed by atoms with Crippen molar-refractivity contribution in [2.45, 2.75) is 52.1 Å². The lowest BCUT2D eigenvalue weighted by Crippen LogP contribution is -2.37. The van der Waals surface area contributed by atoms with Gasteiger partial charge >= 0.3 is 0 Å². The number of carbonyl (C=O) groups excluding carboxylic acids is 1. The van der Waals surface area contributed by atoms with Gasteiger partial charge in [0.2, 0.25) is 5.91 Å². The summed E-state index contributed by atoms with van der Waals surface area (Å²) in [6.45, 7) is 9.55. The molecule has 3 N–H and O–H groups in total. The number of amides is 1. The standard InChI is InChI=1S/C27H34ClN5O/c1-27(2,3)30-17-19-13-21(31-24-9-10-29-25-15-20(28)7-8-23(24)25)16-22(14-19)32-26(34)18-33-11-5-4-6-12-33/h7-10,13-16,30H,4-6,11-12,17-18H2,1-3H3,(H,29,31)(H,32,34). The fraction of sp³-hybridized carbons (Fsp3) is 0.407. The maximum atomic E-state index is 12.8. The van der Waals surface area contributed by atoms with E-state index < -0.39 is 0 Å². The molecule has 0 saturated carbocycles. The van der Waals surface area contributed by atoms with Gasteiger partial charge in [-0.15, -0.1) is 0 Å². The number of likely N-dealkylation sites (tertiary alicyclic amines) is 1. The zero-order valence-corrected chi connectivity index (χ0v) is 21.0. The van der Waals surface area contributed by atoms with Crippen LogP contribution in [0.1, 0.15) is 45.6 Å². The van der Waals surface area contributed by atoms with Crippen LogP contribution in [0, 0.1) is 0 Å². The fourth-order valence-electron chi connectivity index (χ4n) is 4.21. The lowest BCUT2D eigenvalue weighted by atomic mass is 10.1. The van der Waals surface area contributed by atoms with Crippen molar-refractivity contribution in [1.29, 1.82) is 0 Å². The summed E-state index contributed by atoms with van der Waals surface area (Å²) in [5.74, 6) is 0.0257. The van der Waals surface area contributed by atoms with Gasteiger partial charge in [-0.1, -0.05) is 18.0 Å². The Balaban J connectivity index is 1.57. The van der Waals surface area contributed by atoms with Gasteiger partial charge in [-0.3, -0.25) is 14.7 Å². The molecule has 0 bridgehead atoms. The number of nitrogens with zero attached hydrogens (tertiary/aromatic N) is 2. The molecule has 34 heavy (non-hydrogen) atoms. The average molecular weight is 480 g/mol. The van der Waals surface area contributed by atoms with Crippen LogP contribution in [0.5, 0.6) is 0 Å². The molecule has 2 aromatic carbocycles. The van der Waals surface area contributed by atoms with E-state index >= 15 is 0 Å². The molecule has 1 aliphatic rings. The highest BCUT2D eigenvalue weighted by Crippen LogP contribution is 2.29. The number of hydrogen-bond acceptors (Lipinski definition) is 5. The van der Waals surface area contributed by atoms with Gasteiger partial charge in [-0.05, 0) is 94.7 Å². The summed E-state index contributed by atoms with van der Waals surface area (Å²) in [4.78, 5) is 19.4. The number of anilines is 3. The molecular weight excluding hydrogens is 446 g/mol. The molecule has 1 fully saturated rings. The number of aromatic nitrogens is 1. The molecule has 1 amide bonds. The SMILES string of the molecule is CC(C)(C)NCc1cc(NC(=O)CN2CCCCC2)cc(Nc2ccnc3cc(Cl)ccc23)c1. The van der Waals surface area contributed by atoms with E-state index in [0.717, 1.165) is 46.6 Å². The van der Waals surface area contributed by atoms with Gasteiger partial charge in [0.05, 0.1) is 12.1 Å². The largest absolute Gasteiger partial charge is 0.355 e. The molecule has 0 spiro atoms. The van der Waals surface area contributed by atoms with E-state index in [9.17, 15) is 4.79 Å². The van der Waals surface area contributed by atoms with Gasteiger partial charge in [-0.2, -0.15) is 0 Å². The molecular formula is C27H34ClN5O. The van der Waals surface area contributed by atoms with Crippen molar-refractivity contribution < 1.29 is 4.79 Å². The number of piperidine rings is 1. The molecule has 180 valence electrons. The number of rotatable bonds is 7. The van der Waals surface area contributed by atoms with Crippen molar-refractivity contribution in [3.8, 4) is 0 Å². The number of halogens is 1. The predicted octanol–water partition coefficient (Wildman–Crippen LogP) is 5.94. The van der Waals surface area contributed by atoms with Crippen LogP contribution in [0.3, 0.4) is 0 Å². The van der Waals surface area contributed by atoms with E-state index in [4.69, 9.17) is 11.6 Å². The molecule has 6 nitrogen and oxygen atoms in total. The van der Waals surface area contributed by atoms with E-state index in [-0.39, 0.29) is 11.4 Å². The van der Waals surface area contributed by atoms with Gasteiger partial charge in [0.1, 0.15) is 0 Å². The quantitative estimate of drug-likeness (QED) is 0.391. The Morgan fingerprint density at radius 3 is 2.56 bits per heavy atom. The van der Waals surface area contributed by atoms with Crippen molar-refractivity contribution in [3.63, 3.8) is 0 Å². The minimum absolute atomic E-state index is 0.0122. The summed E-state index contributed by atoms with van der Waals surface area (Å²) in [6.07, 6.45) is 5.36. The van der Waals surface area contributed by atoms with Crippen molar-refractivity contribution in [3.05, 3.63) is 59.2 Å². The summed E-state index contributed by atoms with van der Waals surface area (Å²) in [6, 6.07) is 13.8. The van der Waals surface area contributed by atoms with E-state index in [1.54, 1.807) is 6.20 Å². The van der Waals surface area contributed by atoms with Gasteiger partial charge in [0.25, 0.3) is 0 Å². The first-order valence-corrected chi connectivity index (χ1v) is 12.4. The van der Waals surface area contributed by atoms with Gasteiger partial charge in [-0.25, -0.2) is 0 Å². The Bertz CT molecular complexity index is 1150. The Kier molecular flexibility index (Phi) is 7.71. The highest BCUT2D eigenvalue weighted by molar-refractivity contribution is 6.31. The minimum Gasteiger partial charge on any atom is -0.355 e. The molecule has 0 radical (unpaired) electrons. The molecule has 7 heteroatoms. The second-order valence-electron chi connectivity index (χ2n) is 10.1. The normalized spacial score (nSPS) is 14.8. The van der Waals surface area contributed by atoms with Crippen molar-refractivity contribution in [2.75, 3.05) is 30.3 Å². The first kappa shape index (κ1) is 24.5. The number of nitrogens with one attached hydrogen (secondary N) is 3. The molecule has 1 saturated heterocycles. The summed E-state index contributed by atoms with van der Waals surface area (Å²) < 4.78 is 0. The average Bonchev–Trinajstić information content (AvgIpc) is 2.78. The number of pyridine rings is 1. The van der Waals surface area contributed by atoms with Crippen LogP contribution in [-0.2, 0) is 11.3 Å². The second-order valence-corrected chi connectivity index (χ2v) is 10.5. The summed E-state index contributed by atoms with van der Waals surface area (Å²) in [5.41, 5.74) is 4.55. The number of benzene rings is 2. The first-order chi connectivity index (χ1) is 16.2. The molecule has 0 aliphatic carbocycles. The molecule has 3 aromatic rings. The van der Waals surface area contributed by atoms with Crippen molar-refractivity contribution in [1.82, 2.24) is 15.2 Å². The Labute approximate surface area is 207 Å². The molecule has 4 rings (SSSR count). The van der Waals surface area contributed by atoms with Crippen LogP contribution < -0.4 is 16.0 Å². The second kappa shape index (κ2) is 10.7. The summed E-state index contributed by atoms with van der Waals surface area (Å²) in [7, 11) is 0. The molecule has 0 unspecified atom stereocenters. The van der Waals surface area contributed by atoms with Crippen LogP contribution in [0.2, 0.25) is 5.02 Å². The van der Waals surface area contributed by atoms with E-state index in [1.165, 1.54) is 19.3 Å². The first-order valence-electron chi connectivity index (χ1n) is 12.0. The third kappa shape index (κ3) is 6.92. The number of fused-ring (bicyclic) bond motifs is 1. The highest BCUT2D eigenvalue weighted by Gasteiger charge is 2.15. The van der Waals surface area contributed by atoms with Crippen molar-refractivity contribution in [2.24, 2.45) is 0 Å². The molecule has 1 aromatic heterocycles. The van der Waals surface area contributed by atoms with Gasteiger partial charge in [0.15, 0.2) is 0 Å². The fourth-order valence-corrected chi connectivity index (χ4v) is 4.38. The Morgan fingerprint density at radius 2 is 1.79 bits per heavy atom. The monoisotopic (exact) mass is 479 g/mol. The summed E-state index contributed by atoms with van der Waals surface area (Å²) >= 11 is 6.15. The van der Waals surface area contributed by atoms with Crippen LogP contribution in [0.15, 0.2) is 48.7 Å². The van der Waals surface area contributed by atoms with Gasteiger partial charge in [0, 0.05) is 45.8 Å². The third-order valence-electron chi connectivity index (χ3n) is 5.90. The van der Waals surface area contributed by atoms with Crippen LogP contribution in [-0.4, -0.2) is 41.0 Å². The predicted molar refractivity (Wildman–Crippen MR) is 142 cm³/mol. The highest BCUT2D eigenvalue weighted by atomic mass is 35.5. The maximum absolute atomic E-state index is 12.8. The van der Waals surface area contributed by atoms with Crippen LogP contribution >= 0.6 is 11.6 Å². The Hall–Kier alpha value is -2.67. The van der Waals surface area contributed by atoms with E-state index in [0.29, 0.717) is 18.1 Å². The lowest BCUT2D eigenvalue weighted by Gasteiger charge is -2.25. The van der Waals surface area contributed by atoms with Gasteiger partial charge < -0.3 is 16.0 Å². The minimum atomic E-state index is -0.0122. The summed E-state index contributed by atoms with van der Waals surface area (Å²) in [5, 5.41) is 11.8. The lowest BCUT2D eigenvalue weighted by molar-refractivity contribution is -0.117. The van der Waals surface area contributed by atoms with Crippen molar-refractivity contribution >= 4 is 45.5 Å². The van der Waals surface area contributed by atoms with Crippen LogP contribution in [0.4, 0.5) is 17.1 Å². The molecule has 0 atom stereocenters. The Morgan fingerprint density at radius 1 is 1.03 bits per heavy atom. The number of hydrogen-bond donors (Lipinski definition) is 3. The zero-order valence-electron chi connectivity index (χ0n) is 20.2. The maximum Gasteiger partial charge on any atom is 0.238 e. The third-order valence-corrected chi connectivity index (χ3v) is 6.13. The molecule has 1 aliphatic heterocycles. The molecule has 2 heterocycles. The zero-order chi connectivity index (χ0) is 24.1. The van der Waals surface area contributed by atoms with E-state index in [1.807, 2.05) is 36.4 Å². The smallest absolute Gasteiger partial charge is 0.238 e. The number of carbonyl (C=O) groups is 1. The van der Waals surface area contributed by atoms with E-state index in [2.05, 4.69) is 52.7 Å².